The number of hydrogen-bond donors (Lipinski definition) is 1. The molecule has 1 fully saturated rings. The third kappa shape index (κ3) is 4.40. The zero-order chi connectivity index (χ0) is 20.4. The number of amides is 3. The maximum atomic E-state index is 12.8. The Labute approximate surface area is 177 Å². The molecule has 4 rings (SSSR count). The number of nitrogens with one attached hydrogen (secondary N) is 1. The van der Waals surface area contributed by atoms with Gasteiger partial charge >= 0.3 is 0 Å². The lowest BCUT2D eigenvalue weighted by molar-refractivity contribution is -0.127. The number of piperazine rings is 1. The summed E-state index contributed by atoms with van der Waals surface area (Å²) in [5.41, 5.74) is 3.17. The van der Waals surface area contributed by atoms with Crippen LogP contribution in [-0.2, 0) is 16.0 Å². The van der Waals surface area contributed by atoms with Crippen molar-refractivity contribution >= 4 is 45.4 Å². The third-order valence-electron chi connectivity index (χ3n) is 5.14. The lowest BCUT2D eigenvalue weighted by atomic mass is 10.1. The van der Waals surface area contributed by atoms with Crippen molar-refractivity contribution in [2.75, 3.05) is 31.5 Å². The minimum Gasteiger partial charge on any atom is -0.336 e. The Balaban J connectivity index is 1.33. The fourth-order valence-electron chi connectivity index (χ4n) is 3.52. The Kier molecular flexibility index (Phi) is 5.49. The van der Waals surface area contributed by atoms with Gasteiger partial charge < -0.3 is 15.1 Å². The number of carbonyl (C=O) groups excluding carboxylic acids is 3. The molecule has 3 amide bonds. The molecule has 6 nitrogen and oxygen atoms in total. The van der Waals surface area contributed by atoms with Crippen LogP contribution in [0.5, 0.6) is 0 Å². The number of rotatable bonds is 3. The van der Waals surface area contributed by atoms with Crippen LogP contribution < -0.4 is 5.32 Å². The Hall–Kier alpha value is -2.93. The van der Waals surface area contributed by atoms with Crippen LogP contribution in [0.2, 0.25) is 0 Å². The minimum absolute atomic E-state index is 0.0482. The SMILES string of the molecule is O=C1Cc2cc(C(=O)N3CCN(C(=O)/C=C/c4ccc(Br)cc4)CC3)ccc2N1. The lowest BCUT2D eigenvalue weighted by Gasteiger charge is -2.34. The van der Waals surface area contributed by atoms with Gasteiger partial charge in [-0.1, -0.05) is 28.1 Å². The van der Waals surface area contributed by atoms with E-state index in [0.717, 1.165) is 21.3 Å². The van der Waals surface area contributed by atoms with Crippen molar-refractivity contribution in [1.82, 2.24) is 9.80 Å². The van der Waals surface area contributed by atoms with Crippen molar-refractivity contribution in [3.8, 4) is 0 Å². The molecule has 0 bridgehead atoms. The van der Waals surface area contributed by atoms with E-state index in [4.69, 9.17) is 0 Å². The van der Waals surface area contributed by atoms with Crippen molar-refractivity contribution in [3.05, 3.63) is 69.7 Å². The summed E-state index contributed by atoms with van der Waals surface area (Å²) >= 11 is 3.39. The van der Waals surface area contributed by atoms with Crippen molar-refractivity contribution in [3.63, 3.8) is 0 Å². The maximum Gasteiger partial charge on any atom is 0.253 e. The predicted molar refractivity (Wildman–Crippen MR) is 114 cm³/mol. The molecule has 0 atom stereocenters. The summed E-state index contributed by atoms with van der Waals surface area (Å²) < 4.78 is 0.994. The van der Waals surface area contributed by atoms with E-state index in [2.05, 4.69) is 21.2 Å². The van der Waals surface area contributed by atoms with Gasteiger partial charge in [0.1, 0.15) is 0 Å². The largest absolute Gasteiger partial charge is 0.336 e. The van der Waals surface area contributed by atoms with Crippen molar-refractivity contribution in [2.45, 2.75) is 6.42 Å². The Morgan fingerprint density at radius 2 is 1.66 bits per heavy atom. The second kappa shape index (κ2) is 8.21. The summed E-state index contributed by atoms with van der Waals surface area (Å²) in [6, 6.07) is 13.0. The molecule has 0 spiro atoms. The van der Waals surface area contributed by atoms with Gasteiger partial charge in [0.15, 0.2) is 0 Å². The molecule has 148 valence electrons. The number of hydrogen-bond acceptors (Lipinski definition) is 3. The normalized spacial score (nSPS) is 16.1. The number of halogens is 1. The van der Waals surface area contributed by atoms with E-state index in [0.29, 0.717) is 38.2 Å². The molecule has 0 saturated carbocycles. The smallest absolute Gasteiger partial charge is 0.253 e. The number of anilines is 1. The second-order valence-corrected chi connectivity index (χ2v) is 8.01. The first-order chi connectivity index (χ1) is 14.0. The number of fused-ring (bicyclic) bond motifs is 1. The van der Waals surface area contributed by atoms with Crippen LogP contribution in [-0.4, -0.2) is 53.7 Å². The molecule has 2 aromatic rings. The number of carbonyl (C=O) groups is 3. The fourth-order valence-corrected chi connectivity index (χ4v) is 3.79. The number of benzene rings is 2. The topological polar surface area (TPSA) is 69.7 Å². The van der Waals surface area contributed by atoms with Crippen LogP contribution in [0.1, 0.15) is 21.5 Å². The Morgan fingerprint density at radius 3 is 2.38 bits per heavy atom. The van der Waals surface area contributed by atoms with Crippen LogP contribution >= 0.6 is 15.9 Å². The second-order valence-electron chi connectivity index (χ2n) is 7.10. The average Bonchev–Trinajstić information content (AvgIpc) is 3.12. The standard InChI is InChI=1S/C22H20BrN3O3/c23-18-5-1-15(2-6-18)3-8-21(28)25-9-11-26(12-10-25)22(29)16-4-7-19-17(13-16)14-20(27)24-19/h1-8,13H,9-12,14H2,(H,24,27)/b8-3+. The van der Waals surface area contributed by atoms with E-state index in [-0.39, 0.29) is 17.7 Å². The summed E-state index contributed by atoms with van der Waals surface area (Å²) in [6.45, 7) is 1.98. The highest BCUT2D eigenvalue weighted by Crippen LogP contribution is 2.24. The van der Waals surface area contributed by atoms with E-state index in [1.54, 1.807) is 40.2 Å². The molecule has 0 aliphatic carbocycles. The first-order valence-electron chi connectivity index (χ1n) is 9.44. The summed E-state index contributed by atoms with van der Waals surface area (Å²) in [6.07, 6.45) is 3.68. The predicted octanol–water partition coefficient (Wildman–Crippen LogP) is 2.94. The van der Waals surface area contributed by atoms with E-state index < -0.39 is 0 Å². The van der Waals surface area contributed by atoms with Gasteiger partial charge in [-0.05, 0) is 47.5 Å². The molecule has 2 aliphatic rings. The van der Waals surface area contributed by atoms with Crippen LogP contribution in [0.25, 0.3) is 6.08 Å². The molecule has 29 heavy (non-hydrogen) atoms. The zero-order valence-electron chi connectivity index (χ0n) is 15.7. The van der Waals surface area contributed by atoms with Crippen LogP contribution in [0.4, 0.5) is 5.69 Å². The highest BCUT2D eigenvalue weighted by Gasteiger charge is 2.25. The van der Waals surface area contributed by atoms with Gasteiger partial charge in [-0.2, -0.15) is 0 Å². The maximum absolute atomic E-state index is 12.8. The summed E-state index contributed by atoms with van der Waals surface area (Å²) in [7, 11) is 0. The monoisotopic (exact) mass is 453 g/mol. The average molecular weight is 454 g/mol. The molecule has 1 saturated heterocycles. The van der Waals surface area contributed by atoms with Gasteiger partial charge in [-0.15, -0.1) is 0 Å². The van der Waals surface area contributed by atoms with E-state index in [1.165, 1.54) is 0 Å². The molecule has 7 heteroatoms. The molecular formula is C22H20BrN3O3. The quantitative estimate of drug-likeness (QED) is 0.726. The molecule has 2 heterocycles. The van der Waals surface area contributed by atoms with Gasteiger partial charge in [0.05, 0.1) is 6.42 Å². The lowest BCUT2D eigenvalue weighted by Crippen LogP contribution is -2.50. The summed E-state index contributed by atoms with van der Waals surface area (Å²) in [4.78, 5) is 40.2. The summed E-state index contributed by atoms with van der Waals surface area (Å²) in [5, 5.41) is 2.77. The molecular weight excluding hydrogens is 434 g/mol. The van der Waals surface area contributed by atoms with E-state index in [1.807, 2.05) is 24.3 Å². The first-order valence-corrected chi connectivity index (χ1v) is 10.2. The van der Waals surface area contributed by atoms with E-state index in [9.17, 15) is 14.4 Å². The van der Waals surface area contributed by atoms with Crippen LogP contribution in [0.15, 0.2) is 53.0 Å². The highest BCUT2D eigenvalue weighted by atomic mass is 79.9. The number of nitrogens with zero attached hydrogens (tertiary/aromatic N) is 2. The minimum atomic E-state index is -0.0651. The molecule has 0 aromatic heterocycles. The van der Waals surface area contributed by atoms with Gasteiger partial charge in [0.2, 0.25) is 11.8 Å². The van der Waals surface area contributed by atoms with E-state index >= 15 is 0 Å². The molecule has 0 radical (unpaired) electrons. The first kappa shape index (κ1) is 19.4. The van der Waals surface area contributed by atoms with Gasteiger partial charge in [-0.3, -0.25) is 14.4 Å². The van der Waals surface area contributed by atoms with Gasteiger partial charge in [0.25, 0.3) is 5.91 Å². The van der Waals surface area contributed by atoms with Crippen LogP contribution in [0.3, 0.4) is 0 Å². The van der Waals surface area contributed by atoms with Crippen molar-refractivity contribution in [2.24, 2.45) is 0 Å². The van der Waals surface area contributed by atoms with Gasteiger partial charge in [-0.25, -0.2) is 0 Å². The van der Waals surface area contributed by atoms with Crippen molar-refractivity contribution < 1.29 is 14.4 Å². The Bertz CT molecular complexity index is 993. The third-order valence-corrected chi connectivity index (χ3v) is 5.67. The highest BCUT2D eigenvalue weighted by molar-refractivity contribution is 9.10. The molecule has 1 N–H and O–H groups in total. The fraction of sp³-hybridized carbons (Fsp3) is 0.227. The van der Waals surface area contributed by atoms with Gasteiger partial charge in [0, 0.05) is 48.0 Å². The molecule has 2 aliphatic heterocycles. The summed E-state index contributed by atoms with van der Waals surface area (Å²) in [5.74, 6) is -0.167. The molecule has 0 unspecified atom stereocenters. The van der Waals surface area contributed by atoms with Crippen LogP contribution in [0, 0.1) is 0 Å². The molecule has 2 aromatic carbocycles. The zero-order valence-corrected chi connectivity index (χ0v) is 17.3. The Morgan fingerprint density at radius 1 is 0.966 bits per heavy atom. The van der Waals surface area contributed by atoms with Crippen molar-refractivity contribution in [1.29, 1.82) is 0 Å².